The first kappa shape index (κ1) is 18.5. The summed E-state index contributed by atoms with van der Waals surface area (Å²) in [5.41, 5.74) is 3.47. The Morgan fingerprint density at radius 3 is 2.66 bits per heavy atom. The number of hydrogen-bond donors (Lipinski definition) is 0. The van der Waals surface area contributed by atoms with Gasteiger partial charge in [-0.05, 0) is 42.7 Å². The van der Waals surface area contributed by atoms with Crippen molar-refractivity contribution in [1.82, 2.24) is 9.55 Å². The lowest BCUT2D eigenvalue weighted by Crippen LogP contribution is -2.37. The molecule has 3 heterocycles. The highest BCUT2D eigenvalue weighted by Crippen LogP contribution is 2.34. The van der Waals surface area contributed by atoms with Gasteiger partial charge in [-0.2, -0.15) is 0 Å². The van der Waals surface area contributed by atoms with Crippen LogP contribution in [0.1, 0.15) is 18.4 Å². The van der Waals surface area contributed by atoms with E-state index in [0.717, 1.165) is 48.8 Å². The van der Waals surface area contributed by atoms with Crippen LogP contribution in [0.15, 0.2) is 60.8 Å². The van der Waals surface area contributed by atoms with Gasteiger partial charge in [-0.15, -0.1) is 0 Å². The Labute approximate surface area is 175 Å². The fraction of sp³-hybridized carbons (Fsp3) is 0.292. The summed E-state index contributed by atoms with van der Waals surface area (Å²) in [5.74, 6) is 1.08. The quantitative estimate of drug-likeness (QED) is 0.448. The smallest absolute Gasteiger partial charge is 0.138 e. The van der Waals surface area contributed by atoms with Crippen molar-refractivity contribution in [3.05, 3.63) is 71.4 Å². The number of ether oxygens (including phenoxy) is 1. The van der Waals surface area contributed by atoms with Crippen LogP contribution in [0.2, 0.25) is 5.02 Å². The molecule has 1 aliphatic rings. The molecule has 0 bridgehead atoms. The zero-order valence-electron chi connectivity index (χ0n) is 16.5. The summed E-state index contributed by atoms with van der Waals surface area (Å²) in [6.45, 7) is 2.72. The SMILES string of the molecule is COC1CCN(c2nc3ccccc3c3c2ccn3Cc2cccc(Cl)c2)CC1. The van der Waals surface area contributed by atoms with Gasteiger partial charge in [-0.3, -0.25) is 0 Å². The van der Waals surface area contributed by atoms with Crippen molar-refractivity contribution in [2.75, 3.05) is 25.1 Å². The molecule has 0 radical (unpaired) electrons. The van der Waals surface area contributed by atoms with Crippen LogP contribution in [0.5, 0.6) is 0 Å². The first-order valence-corrected chi connectivity index (χ1v) is 10.5. The second kappa shape index (κ2) is 7.69. The van der Waals surface area contributed by atoms with Gasteiger partial charge in [0.25, 0.3) is 0 Å². The molecule has 0 amide bonds. The number of pyridine rings is 1. The van der Waals surface area contributed by atoms with Gasteiger partial charge in [0, 0.05) is 48.7 Å². The van der Waals surface area contributed by atoms with Crippen LogP contribution >= 0.6 is 11.6 Å². The number of para-hydroxylation sites is 1. The van der Waals surface area contributed by atoms with E-state index in [4.69, 9.17) is 21.3 Å². The first-order chi connectivity index (χ1) is 14.2. The monoisotopic (exact) mass is 405 g/mol. The molecule has 2 aromatic heterocycles. The predicted molar refractivity (Wildman–Crippen MR) is 120 cm³/mol. The number of aromatic nitrogens is 2. The maximum Gasteiger partial charge on any atom is 0.138 e. The number of nitrogens with zero attached hydrogens (tertiary/aromatic N) is 3. The third-order valence-corrected chi connectivity index (χ3v) is 6.14. The Kier molecular flexibility index (Phi) is 4.90. The van der Waals surface area contributed by atoms with Crippen molar-refractivity contribution < 1.29 is 4.74 Å². The number of benzene rings is 2. The molecule has 0 aliphatic carbocycles. The molecule has 4 aromatic rings. The Hall–Kier alpha value is -2.56. The third-order valence-electron chi connectivity index (χ3n) is 5.91. The molecule has 1 saturated heterocycles. The maximum atomic E-state index is 6.21. The third kappa shape index (κ3) is 3.47. The van der Waals surface area contributed by atoms with Crippen LogP contribution in [-0.4, -0.2) is 35.9 Å². The molecular formula is C24H24ClN3O. The minimum absolute atomic E-state index is 0.356. The predicted octanol–water partition coefficient (Wildman–Crippen LogP) is 5.51. The lowest BCUT2D eigenvalue weighted by Gasteiger charge is -2.32. The summed E-state index contributed by atoms with van der Waals surface area (Å²) in [6, 6.07) is 18.7. The molecule has 0 spiro atoms. The number of halogens is 1. The zero-order valence-corrected chi connectivity index (χ0v) is 17.3. The van der Waals surface area contributed by atoms with Gasteiger partial charge in [0.15, 0.2) is 0 Å². The number of methoxy groups -OCH3 is 1. The van der Waals surface area contributed by atoms with E-state index < -0.39 is 0 Å². The molecule has 0 N–H and O–H groups in total. The summed E-state index contributed by atoms with van der Waals surface area (Å²) < 4.78 is 7.87. The van der Waals surface area contributed by atoms with E-state index in [1.807, 2.05) is 25.3 Å². The van der Waals surface area contributed by atoms with E-state index >= 15 is 0 Å². The summed E-state index contributed by atoms with van der Waals surface area (Å²) in [6.07, 6.45) is 4.60. The van der Waals surface area contributed by atoms with Crippen molar-refractivity contribution in [1.29, 1.82) is 0 Å². The van der Waals surface area contributed by atoms with Gasteiger partial charge >= 0.3 is 0 Å². The van der Waals surface area contributed by atoms with Gasteiger partial charge in [0.1, 0.15) is 5.82 Å². The molecule has 0 unspecified atom stereocenters. The minimum atomic E-state index is 0.356. The van der Waals surface area contributed by atoms with Crippen LogP contribution in [0.4, 0.5) is 5.82 Å². The molecule has 0 atom stereocenters. The zero-order chi connectivity index (χ0) is 19.8. The van der Waals surface area contributed by atoms with E-state index in [2.05, 4.69) is 52.1 Å². The average Bonchev–Trinajstić information content (AvgIpc) is 3.17. The van der Waals surface area contributed by atoms with E-state index in [0.29, 0.717) is 6.10 Å². The van der Waals surface area contributed by atoms with Crippen LogP contribution in [0.3, 0.4) is 0 Å². The van der Waals surface area contributed by atoms with E-state index in [-0.39, 0.29) is 0 Å². The fourth-order valence-electron chi connectivity index (χ4n) is 4.41. The fourth-order valence-corrected chi connectivity index (χ4v) is 4.62. The minimum Gasteiger partial charge on any atom is -0.381 e. The highest BCUT2D eigenvalue weighted by atomic mass is 35.5. The summed E-state index contributed by atoms with van der Waals surface area (Å²) in [7, 11) is 1.81. The molecule has 148 valence electrons. The number of fused-ring (bicyclic) bond motifs is 3. The van der Waals surface area contributed by atoms with Gasteiger partial charge in [-0.1, -0.05) is 41.9 Å². The van der Waals surface area contributed by atoms with Gasteiger partial charge in [0.2, 0.25) is 0 Å². The molecule has 5 rings (SSSR count). The lowest BCUT2D eigenvalue weighted by molar-refractivity contribution is 0.0818. The Balaban J connectivity index is 1.62. The van der Waals surface area contributed by atoms with Crippen molar-refractivity contribution in [2.45, 2.75) is 25.5 Å². The largest absolute Gasteiger partial charge is 0.381 e. The van der Waals surface area contributed by atoms with Crippen LogP contribution < -0.4 is 4.90 Å². The second-order valence-electron chi connectivity index (χ2n) is 7.71. The average molecular weight is 406 g/mol. The molecule has 1 fully saturated rings. The molecule has 4 nitrogen and oxygen atoms in total. The van der Waals surface area contributed by atoms with Crippen molar-refractivity contribution >= 4 is 39.2 Å². The van der Waals surface area contributed by atoms with Gasteiger partial charge in [-0.25, -0.2) is 4.98 Å². The molecular weight excluding hydrogens is 382 g/mol. The molecule has 5 heteroatoms. The van der Waals surface area contributed by atoms with E-state index in [1.54, 1.807) is 0 Å². The highest BCUT2D eigenvalue weighted by molar-refractivity contribution is 6.30. The topological polar surface area (TPSA) is 30.3 Å². The molecule has 2 aromatic carbocycles. The highest BCUT2D eigenvalue weighted by Gasteiger charge is 2.23. The van der Waals surface area contributed by atoms with Gasteiger partial charge < -0.3 is 14.2 Å². The summed E-state index contributed by atoms with van der Waals surface area (Å²) in [5, 5.41) is 3.17. The molecule has 29 heavy (non-hydrogen) atoms. The van der Waals surface area contributed by atoms with E-state index in [9.17, 15) is 0 Å². The second-order valence-corrected chi connectivity index (χ2v) is 8.15. The number of anilines is 1. The van der Waals surface area contributed by atoms with Crippen LogP contribution in [0.25, 0.3) is 21.8 Å². The molecule has 1 aliphatic heterocycles. The number of rotatable bonds is 4. The lowest BCUT2D eigenvalue weighted by atomic mass is 10.1. The van der Waals surface area contributed by atoms with Crippen molar-refractivity contribution in [3.8, 4) is 0 Å². The standard InChI is InChI=1S/C24H24ClN3O/c1-29-19-9-12-27(13-10-19)24-21-11-14-28(16-17-5-4-6-18(25)15-17)23(21)20-7-2-3-8-22(20)26-24/h2-8,11,14-15,19H,9-10,12-13,16H2,1H3. The van der Waals surface area contributed by atoms with Crippen molar-refractivity contribution in [2.24, 2.45) is 0 Å². The van der Waals surface area contributed by atoms with Crippen LogP contribution in [0, 0.1) is 0 Å². The van der Waals surface area contributed by atoms with Gasteiger partial charge in [0.05, 0.1) is 17.1 Å². The maximum absolute atomic E-state index is 6.21. The first-order valence-electron chi connectivity index (χ1n) is 10.1. The summed E-state index contributed by atoms with van der Waals surface area (Å²) >= 11 is 6.21. The van der Waals surface area contributed by atoms with Crippen LogP contribution in [-0.2, 0) is 11.3 Å². The normalized spacial score (nSPS) is 15.4. The number of piperidine rings is 1. The Morgan fingerprint density at radius 1 is 1.03 bits per heavy atom. The Morgan fingerprint density at radius 2 is 1.86 bits per heavy atom. The van der Waals surface area contributed by atoms with Crippen molar-refractivity contribution in [3.63, 3.8) is 0 Å². The van der Waals surface area contributed by atoms with E-state index in [1.165, 1.54) is 21.9 Å². The molecule has 0 saturated carbocycles. The summed E-state index contributed by atoms with van der Waals surface area (Å²) in [4.78, 5) is 7.47. The number of hydrogen-bond acceptors (Lipinski definition) is 3. The Bertz CT molecular complexity index is 1160.